The average Bonchev–Trinajstić information content (AvgIpc) is 2.21. The Kier molecular flexibility index (Phi) is 6.03. The second-order valence-electron chi connectivity index (χ2n) is 2.78. The summed E-state index contributed by atoms with van der Waals surface area (Å²) in [5.74, 6) is -1.98. The summed E-state index contributed by atoms with van der Waals surface area (Å²) in [4.78, 5) is 33.6. The van der Waals surface area contributed by atoms with Crippen molar-refractivity contribution in [3.8, 4) is 0 Å². The Morgan fingerprint density at radius 3 is 2.40 bits per heavy atom. The first-order valence-corrected chi connectivity index (χ1v) is 4.47. The molecule has 4 N–H and O–H groups in total. The number of nitrogens with two attached hydrogens (primary N) is 1. The molecule has 0 aliphatic heterocycles. The van der Waals surface area contributed by atoms with Gasteiger partial charge in [-0.2, -0.15) is 0 Å². The third kappa shape index (κ3) is 5.63. The summed E-state index contributed by atoms with van der Waals surface area (Å²) in [7, 11) is 0. The van der Waals surface area contributed by atoms with Gasteiger partial charge in [-0.05, 0) is 6.92 Å². The average molecular weight is 217 g/mol. The number of carbonyl (C=O) groups is 3. The van der Waals surface area contributed by atoms with Gasteiger partial charge < -0.3 is 21.1 Å². The van der Waals surface area contributed by atoms with E-state index in [0.717, 1.165) is 4.90 Å². The van der Waals surface area contributed by atoms with Crippen LogP contribution in [0.25, 0.3) is 0 Å². The van der Waals surface area contributed by atoms with Crippen molar-refractivity contribution in [3.63, 3.8) is 0 Å². The predicted molar refractivity (Wildman–Crippen MR) is 52.0 cm³/mol. The lowest BCUT2D eigenvalue weighted by Crippen LogP contribution is -2.43. The molecule has 7 nitrogen and oxygen atoms in total. The quantitative estimate of drug-likeness (QED) is 0.476. The van der Waals surface area contributed by atoms with Gasteiger partial charge in [0.1, 0.15) is 6.54 Å². The standard InChI is InChI=1S/C8H15N3O4/c1-2-11(5-8(14)15)7(13)4-10-6(12)3-9/h2-5,9H2,1H3,(H,10,12)(H,14,15). The maximum absolute atomic E-state index is 11.3. The van der Waals surface area contributed by atoms with Crippen LogP contribution in [0.1, 0.15) is 6.92 Å². The predicted octanol–water partition coefficient (Wildman–Crippen LogP) is -2.01. The molecule has 0 aliphatic rings. The largest absolute Gasteiger partial charge is 0.480 e. The normalized spacial score (nSPS) is 9.47. The molecule has 0 radical (unpaired) electrons. The molecule has 0 rings (SSSR count). The number of hydrogen-bond acceptors (Lipinski definition) is 4. The molecule has 15 heavy (non-hydrogen) atoms. The molecule has 0 unspecified atom stereocenters. The van der Waals surface area contributed by atoms with Crippen LogP contribution < -0.4 is 11.1 Å². The lowest BCUT2D eigenvalue weighted by molar-refractivity contribution is -0.144. The van der Waals surface area contributed by atoms with Crippen LogP contribution in [0.3, 0.4) is 0 Å². The van der Waals surface area contributed by atoms with Crippen molar-refractivity contribution in [1.29, 1.82) is 0 Å². The van der Waals surface area contributed by atoms with E-state index >= 15 is 0 Å². The van der Waals surface area contributed by atoms with E-state index in [9.17, 15) is 14.4 Å². The Morgan fingerprint density at radius 1 is 1.40 bits per heavy atom. The van der Waals surface area contributed by atoms with E-state index in [1.54, 1.807) is 6.92 Å². The first-order valence-electron chi connectivity index (χ1n) is 4.47. The van der Waals surface area contributed by atoms with Crippen molar-refractivity contribution in [2.24, 2.45) is 5.73 Å². The zero-order chi connectivity index (χ0) is 11.8. The van der Waals surface area contributed by atoms with Gasteiger partial charge in [0.15, 0.2) is 0 Å². The molecule has 0 aliphatic carbocycles. The third-order valence-electron chi connectivity index (χ3n) is 1.68. The zero-order valence-electron chi connectivity index (χ0n) is 8.52. The van der Waals surface area contributed by atoms with E-state index in [2.05, 4.69) is 5.32 Å². The molecule has 86 valence electrons. The molecule has 0 spiro atoms. The van der Waals surface area contributed by atoms with Gasteiger partial charge in [0.05, 0.1) is 13.1 Å². The smallest absolute Gasteiger partial charge is 0.323 e. The summed E-state index contributed by atoms with van der Waals surface area (Å²) in [5.41, 5.74) is 5.02. The SMILES string of the molecule is CCN(CC(=O)O)C(=O)CNC(=O)CN. The number of amides is 2. The van der Waals surface area contributed by atoms with E-state index in [0.29, 0.717) is 0 Å². The number of aliphatic carboxylic acids is 1. The number of carboxylic acids is 1. The van der Waals surface area contributed by atoms with E-state index < -0.39 is 17.8 Å². The van der Waals surface area contributed by atoms with Crippen LogP contribution in [-0.4, -0.2) is 54.0 Å². The molecule has 0 atom stereocenters. The Hall–Kier alpha value is -1.63. The Morgan fingerprint density at radius 2 is 2.00 bits per heavy atom. The summed E-state index contributed by atoms with van der Waals surface area (Å²) < 4.78 is 0. The van der Waals surface area contributed by atoms with Crippen LogP contribution in [0.4, 0.5) is 0 Å². The first kappa shape index (κ1) is 13.4. The highest BCUT2D eigenvalue weighted by Gasteiger charge is 2.14. The highest BCUT2D eigenvalue weighted by atomic mass is 16.4. The number of rotatable bonds is 6. The van der Waals surface area contributed by atoms with Crippen LogP contribution in [0, 0.1) is 0 Å². The Labute approximate surface area is 87.2 Å². The minimum atomic E-state index is -1.09. The number of hydrogen-bond donors (Lipinski definition) is 3. The van der Waals surface area contributed by atoms with Crippen LogP contribution in [0.15, 0.2) is 0 Å². The Balaban J connectivity index is 4.04. The van der Waals surface area contributed by atoms with Crippen molar-refractivity contribution < 1.29 is 19.5 Å². The molecule has 0 fully saturated rings. The molecule has 2 amide bonds. The molecule has 0 saturated heterocycles. The van der Waals surface area contributed by atoms with Crippen molar-refractivity contribution in [3.05, 3.63) is 0 Å². The highest BCUT2D eigenvalue weighted by Crippen LogP contribution is 1.88. The summed E-state index contributed by atoms with van der Waals surface area (Å²) in [6.45, 7) is 1.15. The van der Waals surface area contributed by atoms with E-state index in [1.807, 2.05) is 0 Å². The number of carbonyl (C=O) groups excluding carboxylic acids is 2. The number of nitrogens with one attached hydrogen (secondary N) is 1. The maximum atomic E-state index is 11.3. The second-order valence-corrected chi connectivity index (χ2v) is 2.78. The van der Waals surface area contributed by atoms with Gasteiger partial charge in [-0.3, -0.25) is 14.4 Å². The summed E-state index contributed by atoms with van der Waals surface area (Å²) in [6.07, 6.45) is 0. The molecule has 0 aromatic heterocycles. The van der Waals surface area contributed by atoms with Crippen LogP contribution in [-0.2, 0) is 14.4 Å². The molecule has 0 heterocycles. The lowest BCUT2D eigenvalue weighted by atomic mass is 10.4. The molecular formula is C8H15N3O4. The molecule has 0 aromatic rings. The van der Waals surface area contributed by atoms with Gasteiger partial charge in [-0.25, -0.2) is 0 Å². The first-order chi connectivity index (χ1) is 7.01. The Bertz CT molecular complexity index is 254. The monoisotopic (exact) mass is 217 g/mol. The topological polar surface area (TPSA) is 113 Å². The molecule has 7 heteroatoms. The van der Waals surface area contributed by atoms with E-state index in [-0.39, 0.29) is 26.2 Å². The fourth-order valence-corrected chi connectivity index (χ4v) is 0.898. The van der Waals surface area contributed by atoms with Crippen LogP contribution in [0.2, 0.25) is 0 Å². The fraction of sp³-hybridized carbons (Fsp3) is 0.625. The molecule has 0 bridgehead atoms. The van der Waals surface area contributed by atoms with Gasteiger partial charge in [-0.1, -0.05) is 0 Å². The summed E-state index contributed by atoms with van der Waals surface area (Å²) in [5, 5.41) is 10.8. The zero-order valence-corrected chi connectivity index (χ0v) is 8.52. The number of nitrogens with zero attached hydrogens (tertiary/aromatic N) is 1. The van der Waals surface area contributed by atoms with Crippen molar-refractivity contribution in [1.82, 2.24) is 10.2 Å². The van der Waals surface area contributed by atoms with Crippen molar-refractivity contribution in [2.75, 3.05) is 26.2 Å². The molecule has 0 saturated carbocycles. The highest BCUT2D eigenvalue weighted by molar-refractivity contribution is 5.87. The molecule has 0 aromatic carbocycles. The van der Waals surface area contributed by atoms with Gasteiger partial charge in [0.25, 0.3) is 0 Å². The number of likely N-dealkylation sites (N-methyl/N-ethyl adjacent to an activating group) is 1. The van der Waals surface area contributed by atoms with Crippen LogP contribution >= 0.6 is 0 Å². The molecular weight excluding hydrogens is 202 g/mol. The van der Waals surface area contributed by atoms with Gasteiger partial charge in [0, 0.05) is 6.54 Å². The van der Waals surface area contributed by atoms with Crippen molar-refractivity contribution in [2.45, 2.75) is 6.92 Å². The maximum Gasteiger partial charge on any atom is 0.323 e. The minimum Gasteiger partial charge on any atom is -0.480 e. The van der Waals surface area contributed by atoms with Gasteiger partial charge >= 0.3 is 5.97 Å². The number of carboxylic acid groups (broad SMARTS) is 1. The van der Waals surface area contributed by atoms with Gasteiger partial charge in [-0.15, -0.1) is 0 Å². The summed E-state index contributed by atoms with van der Waals surface area (Å²) >= 11 is 0. The van der Waals surface area contributed by atoms with E-state index in [4.69, 9.17) is 10.8 Å². The lowest BCUT2D eigenvalue weighted by Gasteiger charge is -2.18. The van der Waals surface area contributed by atoms with Crippen molar-refractivity contribution >= 4 is 17.8 Å². The second kappa shape index (κ2) is 6.77. The van der Waals surface area contributed by atoms with E-state index in [1.165, 1.54) is 0 Å². The van der Waals surface area contributed by atoms with Gasteiger partial charge in [0.2, 0.25) is 11.8 Å². The minimum absolute atomic E-state index is 0.196. The third-order valence-corrected chi connectivity index (χ3v) is 1.68. The van der Waals surface area contributed by atoms with Crippen LogP contribution in [0.5, 0.6) is 0 Å². The fourth-order valence-electron chi connectivity index (χ4n) is 0.898. The summed E-state index contributed by atoms with van der Waals surface area (Å²) in [6, 6.07) is 0.